The lowest BCUT2D eigenvalue weighted by Crippen LogP contribution is -2.26. The van der Waals surface area contributed by atoms with E-state index in [0.29, 0.717) is 24.7 Å². The minimum absolute atomic E-state index is 0.0580. The molecule has 3 rings (SSSR count). The maximum atomic E-state index is 12.4. The molecule has 5 nitrogen and oxygen atoms in total. The molecule has 1 amide bonds. The monoisotopic (exact) mass is 349 g/mol. The number of amides is 1. The number of hydrogen-bond acceptors (Lipinski definition) is 4. The van der Waals surface area contributed by atoms with Gasteiger partial charge in [0.15, 0.2) is 0 Å². The molecular weight excluding hydrogens is 326 g/mol. The third kappa shape index (κ3) is 4.36. The summed E-state index contributed by atoms with van der Waals surface area (Å²) >= 11 is 0. The smallest absolute Gasteiger partial charge is 0.246 e. The molecule has 0 aliphatic heterocycles. The second-order valence-corrected chi connectivity index (χ2v) is 6.55. The van der Waals surface area contributed by atoms with Crippen LogP contribution in [0.4, 0.5) is 0 Å². The summed E-state index contributed by atoms with van der Waals surface area (Å²) in [5, 5.41) is 3.99. The number of benzene rings is 2. The number of aryl methyl sites for hydroxylation is 3. The van der Waals surface area contributed by atoms with Gasteiger partial charge in [-0.1, -0.05) is 53.7 Å². The largest absolute Gasteiger partial charge is 0.337 e. The van der Waals surface area contributed by atoms with Gasteiger partial charge in [-0.25, -0.2) is 0 Å². The van der Waals surface area contributed by atoms with Crippen LogP contribution in [0.5, 0.6) is 0 Å². The van der Waals surface area contributed by atoms with Crippen LogP contribution in [0.3, 0.4) is 0 Å². The molecule has 5 heteroatoms. The highest BCUT2D eigenvalue weighted by Gasteiger charge is 2.14. The normalized spacial score (nSPS) is 10.7. The standard InChI is InChI=1S/C21H23N3O2/c1-15-9-10-17(13-16(15)2)11-12-20(25)24(3)14-19-22-21(23-26-19)18-7-5-4-6-8-18/h4-10,13H,11-12,14H2,1-3H3. The maximum Gasteiger partial charge on any atom is 0.246 e. The fraction of sp³-hybridized carbons (Fsp3) is 0.286. The molecule has 3 aromatic rings. The van der Waals surface area contributed by atoms with Crippen molar-refractivity contribution in [3.05, 3.63) is 71.1 Å². The van der Waals surface area contributed by atoms with Gasteiger partial charge in [0.25, 0.3) is 0 Å². The van der Waals surface area contributed by atoms with Gasteiger partial charge in [-0.2, -0.15) is 4.98 Å². The summed E-state index contributed by atoms with van der Waals surface area (Å²) in [5.74, 6) is 1.03. The number of hydrogen-bond donors (Lipinski definition) is 0. The molecule has 26 heavy (non-hydrogen) atoms. The topological polar surface area (TPSA) is 59.2 Å². The van der Waals surface area contributed by atoms with E-state index < -0.39 is 0 Å². The van der Waals surface area contributed by atoms with Gasteiger partial charge in [0, 0.05) is 19.0 Å². The first-order chi connectivity index (χ1) is 12.5. The Hall–Kier alpha value is -2.95. The predicted octanol–water partition coefficient (Wildman–Crippen LogP) is 3.94. The minimum atomic E-state index is 0.0580. The Morgan fingerprint density at radius 1 is 1.08 bits per heavy atom. The summed E-state index contributed by atoms with van der Waals surface area (Å²) < 4.78 is 5.28. The zero-order chi connectivity index (χ0) is 18.5. The first-order valence-electron chi connectivity index (χ1n) is 8.71. The summed E-state index contributed by atoms with van der Waals surface area (Å²) in [7, 11) is 1.76. The van der Waals surface area contributed by atoms with Crippen LogP contribution < -0.4 is 0 Å². The quantitative estimate of drug-likeness (QED) is 0.676. The molecule has 0 spiro atoms. The van der Waals surface area contributed by atoms with Crippen molar-refractivity contribution in [2.24, 2.45) is 0 Å². The first kappa shape index (κ1) is 17.9. The van der Waals surface area contributed by atoms with Crippen molar-refractivity contribution in [2.75, 3.05) is 7.05 Å². The predicted molar refractivity (Wildman–Crippen MR) is 100 cm³/mol. The summed E-state index contributed by atoms with van der Waals surface area (Å²) in [5.41, 5.74) is 4.59. The summed E-state index contributed by atoms with van der Waals surface area (Å²) in [6, 6.07) is 16.0. The first-order valence-corrected chi connectivity index (χ1v) is 8.71. The summed E-state index contributed by atoms with van der Waals surface area (Å²) in [6.07, 6.45) is 1.18. The van der Waals surface area contributed by atoms with Gasteiger partial charge in [-0.05, 0) is 37.0 Å². The van der Waals surface area contributed by atoms with E-state index in [1.165, 1.54) is 16.7 Å². The number of rotatable bonds is 6. The average Bonchev–Trinajstić information content (AvgIpc) is 3.11. The van der Waals surface area contributed by atoms with Gasteiger partial charge in [-0.3, -0.25) is 4.79 Å². The molecule has 1 aromatic heterocycles. The molecule has 0 aliphatic carbocycles. The van der Waals surface area contributed by atoms with E-state index in [0.717, 1.165) is 12.0 Å². The Kier molecular flexibility index (Phi) is 5.46. The maximum absolute atomic E-state index is 12.4. The molecule has 0 fully saturated rings. The second kappa shape index (κ2) is 7.95. The Bertz CT molecular complexity index is 887. The van der Waals surface area contributed by atoms with Crippen molar-refractivity contribution in [1.29, 1.82) is 0 Å². The SMILES string of the molecule is Cc1ccc(CCC(=O)N(C)Cc2nc(-c3ccccc3)no2)cc1C. The Morgan fingerprint density at radius 2 is 1.85 bits per heavy atom. The second-order valence-electron chi connectivity index (χ2n) is 6.55. The fourth-order valence-electron chi connectivity index (χ4n) is 2.72. The molecule has 0 unspecified atom stereocenters. The minimum Gasteiger partial charge on any atom is -0.337 e. The van der Waals surface area contributed by atoms with E-state index in [1.54, 1.807) is 11.9 Å². The number of aromatic nitrogens is 2. The molecule has 0 radical (unpaired) electrons. The van der Waals surface area contributed by atoms with Crippen LogP contribution in [0.1, 0.15) is 29.0 Å². The highest BCUT2D eigenvalue weighted by molar-refractivity contribution is 5.76. The molecule has 2 aromatic carbocycles. The third-order valence-electron chi connectivity index (χ3n) is 4.50. The number of carbonyl (C=O) groups excluding carboxylic acids is 1. The zero-order valence-electron chi connectivity index (χ0n) is 15.4. The van der Waals surface area contributed by atoms with Crippen LogP contribution in [-0.2, 0) is 17.8 Å². The number of nitrogens with zero attached hydrogens (tertiary/aromatic N) is 3. The van der Waals surface area contributed by atoms with E-state index in [-0.39, 0.29) is 5.91 Å². The van der Waals surface area contributed by atoms with Gasteiger partial charge < -0.3 is 9.42 Å². The molecular formula is C21H23N3O2. The lowest BCUT2D eigenvalue weighted by molar-refractivity contribution is -0.130. The van der Waals surface area contributed by atoms with Crippen molar-refractivity contribution in [3.63, 3.8) is 0 Å². The molecule has 0 bridgehead atoms. The lowest BCUT2D eigenvalue weighted by Gasteiger charge is -2.14. The van der Waals surface area contributed by atoms with Crippen LogP contribution in [0.2, 0.25) is 0 Å². The highest BCUT2D eigenvalue weighted by Crippen LogP contribution is 2.16. The van der Waals surface area contributed by atoms with E-state index in [2.05, 4.69) is 42.2 Å². The Labute approximate surface area is 153 Å². The van der Waals surface area contributed by atoms with Crippen molar-refractivity contribution in [1.82, 2.24) is 15.0 Å². The van der Waals surface area contributed by atoms with E-state index >= 15 is 0 Å². The van der Waals surface area contributed by atoms with Crippen LogP contribution in [-0.4, -0.2) is 28.0 Å². The van der Waals surface area contributed by atoms with Crippen molar-refractivity contribution in [2.45, 2.75) is 33.2 Å². The summed E-state index contributed by atoms with van der Waals surface area (Å²) in [6.45, 7) is 4.49. The van der Waals surface area contributed by atoms with Crippen molar-refractivity contribution < 1.29 is 9.32 Å². The Balaban J connectivity index is 1.56. The van der Waals surface area contributed by atoms with Gasteiger partial charge >= 0.3 is 0 Å². The van der Waals surface area contributed by atoms with Gasteiger partial charge in [0.2, 0.25) is 17.6 Å². The van der Waals surface area contributed by atoms with Crippen molar-refractivity contribution in [3.8, 4) is 11.4 Å². The molecule has 0 saturated carbocycles. The number of carbonyl (C=O) groups is 1. The summed E-state index contributed by atoms with van der Waals surface area (Å²) in [4.78, 5) is 18.4. The molecule has 0 aliphatic rings. The lowest BCUT2D eigenvalue weighted by atomic mass is 10.0. The van der Waals surface area contributed by atoms with Gasteiger partial charge in [-0.15, -0.1) is 0 Å². The van der Waals surface area contributed by atoms with Gasteiger partial charge in [0.05, 0.1) is 6.54 Å². The zero-order valence-corrected chi connectivity index (χ0v) is 15.4. The molecule has 134 valence electrons. The molecule has 0 saturated heterocycles. The highest BCUT2D eigenvalue weighted by atomic mass is 16.5. The van der Waals surface area contributed by atoms with Crippen LogP contribution in [0.25, 0.3) is 11.4 Å². The van der Waals surface area contributed by atoms with E-state index in [9.17, 15) is 4.79 Å². The van der Waals surface area contributed by atoms with Crippen LogP contribution in [0.15, 0.2) is 53.1 Å². The molecule has 0 N–H and O–H groups in total. The van der Waals surface area contributed by atoms with E-state index in [1.807, 2.05) is 30.3 Å². The van der Waals surface area contributed by atoms with Crippen LogP contribution >= 0.6 is 0 Å². The van der Waals surface area contributed by atoms with Crippen molar-refractivity contribution >= 4 is 5.91 Å². The third-order valence-corrected chi connectivity index (χ3v) is 4.50. The molecule has 0 atom stereocenters. The average molecular weight is 349 g/mol. The molecule has 1 heterocycles. The fourth-order valence-corrected chi connectivity index (χ4v) is 2.72. The van der Waals surface area contributed by atoms with Crippen LogP contribution in [0, 0.1) is 13.8 Å². The Morgan fingerprint density at radius 3 is 2.58 bits per heavy atom. The van der Waals surface area contributed by atoms with E-state index in [4.69, 9.17) is 4.52 Å². The van der Waals surface area contributed by atoms with Gasteiger partial charge in [0.1, 0.15) is 0 Å².